The second-order valence-electron chi connectivity index (χ2n) is 4.45. The molecule has 0 unspecified atom stereocenters. The molecule has 0 aliphatic heterocycles. The summed E-state index contributed by atoms with van der Waals surface area (Å²) in [6.07, 6.45) is 0. The molecule has 0 aromatic heterocycles. The van der Waals surface area contributed by atoms with Gasteiger partial charge < -0.3 is 15.5 Å². The largest absolute Gasteiger partial charge is 0.507 e. The van der Waals surface area contributed by atoms with Crippen molar-refractivity contribution in [3.8, 4) is 5.75 Å². The van der Waals surface area contributed by atoms with Crippen molar-refractivity contribution in [2.45, 2.75) is 6.92 Å². The van der Waals surface area contributed by atoms with Gasteiger partial charge in [-0.05, 0) is 36.8 Å². The van der Waals surface area contributed by atoms with Gasteiger partial charge in [-0.1, -0.05) is 6.07 Å². The monoisotopic (exact) mass is 289 g/mol. The Hall–Kier alpha value is -2.89. The zero-order valence-corrected chi connectivity index (χ0v) is 11.1. The number of halogens is 1. The maximum absolute atomic E-state index is 12.9. The normalized spacial score (nSPS) is 10.2. The number of nitrogens with one attached hydrogen (secondary N) is 1. The number of hydrogen-bond acceptors (Lipinski definition) is 3. The molecular weight excluding hydrogens is 277 g/mol. The molecule has 6 heteroatoms. The number of hydrogen-bond donors (Lipinski definition) is 3. The molecule has 2 aromatic rings. The summed E-state index contributed by atoms with van der Waals surface area (Å²) in [4.78, 5) is 23.0. The predicted molar refractivity (Wildman–Crippen MR) is 74.2 cm³/mol. The third kappa shape index (κ3) is 3.17. The van der Waals surface area contributed by atoms with Gasteiger partial charge in [0, 0.05) is 11.8 Å². The number of amides is 1. The number of carbonyl (C=O) groups is 2. The first kappa shape index (κ1) is 14.5. The van der Waals surface area contributed by atoms with Crippen LogP contribution in [0.5, 0.6) is 5.75 Å². The summed E-state index contributed by atoms with van der Waals surface area (Å²) < 4.78 is 12.9. The maximum Gasteiger partial charge on any atom is 0.335 e. The lowest BCUT2D eigenvalue weighted by molar-refractivity contribution is 0.0696. The van der Waals surface area contributed by atoms with Gasteiger partial charge in [-0.2, -0.15) is 0 Å². The van der Waals surface area contributed by atoms with Gasteiger partial charge in [0.05, 0.1) is 11.1 Å². The first-order chi connectivity index (χ1) is 9.88. The standard InChI is InChI=1S/C15H12FNO4/c1-8-2-3-9(15(20)21)6-12(8)17-14(19)11-5-4-10(16)7-13(11)18/h2-7,18H,1H3,(H,17,19)(H,20,21). The van der Waals surface area contributed by atoms with Gasteiger partial charge in [0.2, 0.25) is 0 Å². The van der Waals surface area contributed by atoms with Crippen LogP contribution in [0, 0.1) is 12.7 Å². The van der Waals surface area contributed by atoms with Gasteiger partial charge in [0.1, 0.15) is 11.6 Å². The summed E-state index contributed by atoms with van der Waals surface area (Å²) in [6.45, 7) is 1.70. The molecule has 0 atom stereocenters. The summed E-state index contributed by atoms with van der Waals surface area (Å²) in [5.74, 6) is -2.92. The van der Waals surface area contributed by atoms with E-state index in [1.54, 1.807) is 13.0 Å². The van der Waals surface area contributed by atoms with Crippen molar-refractivity contribution < 1.29 is 24.2 Å². The Morgan fingerprint density at radius 1 is 1.14 bits per heavy atom. The third-order valence-corrected chi connectivity index (χ3v) is 2.94. The van der Waals surface area contributed by atoms with Crippen molar-refractivity contribution in [3.05, 3.63) is 58.9 Å². The summed E-state index contributed by atoms with van der Waals surface area (Å²) in [6, 6.07) is 7.32. The van der Waals surface area contributed by atoms with Gasteiger partial charge in [-0.25, -0.2) is 9.18 Å². The fourth-order valence-electron chi connectivity index (χ4n) is 1.78. The van der Waals surface area contributed by atoms with E-state index in [1.807, 2.05) is 0 Å². The quantitative estimate of drug-likeness (QED) is 0.811. The Morgan fingerprint density at radius 2 is 1.86 bits per heavy atom. The van der Waals surface area contributed by atoms with Crippen molar-refractivity contribution in [2.24, 2.45) is 0 Å². The summed E-state index contributed by atoms with van der Waals surface area (Å²) in [5.41, 5.74) is 0.898. The molecular formula is C15H12FNO4. The van der Waals surface area contributed by atoms with E-state index >= 15 is 0 Å². The molecule has 0 bridgehead atoms. The topological polar surface area (TPSA) is 86.6 Å². The van der Waals surface area contributed by atoms with E-state index in [9.17, 15) is 19.1 Å². The number of aryl methyl sites for hydroxylation is 1. The molecule has 3 N–H and O–H groups in total. The van der Waals surface area contributed by atoms with Crippen molar-refractivity contribution in [1.29, 1.82) is 0 Å². The number of phenols is 1. The molecule has 108 valence electrons. The van der Waals surface area contributed by atoms with E-state index in [2.05, 4.69) is 5.32 Å². The van der Waals surface area contributed by atoms with Crippen LogP contribution in [0.2, 0.25) is 0 Å². The van der Waals surface area contributed by atoms with Crippen molar-refractivity contribution in [3.63, 3.8) is 0 Å². The highest BCUT2D eigenvalue weighted by atomic mass is 19.1. The fraction of sp³-hybridized carbons (Fsp3) is 0.0667. The maximum atomic E-state index is 12.9. The molecule has 5 nitrogen and oxygen atoms in total. The van der Waals surface area contributed by atoms with E-state index in [0.29, 0.717) is 11.3 Å². The molecule has 0 radical (unpaired) electrons. The van der Waals surface area contributed by atoms with E-state index in [4.69, 9.17) is 5.11 Å². The Morgan fingerprint density at radius 3 is 2.48 bits per heavy atom. The first-order valence-corrected chi connectivity index (χ1v) is 6.02. The van der Waals surface area contributed by atoms with E-state index < -0.39 is 23.4 Å². The van der Waals surface area contributed by atoms with Crippen LogP contribution in [0.1, 0.15) is 26.3 Å². The zero-order chi connectivity index (χ0) is 15.6. The van der Waals surface area contributed by atoms with Crippen LogP contribution >= 0.6 is 0 Å². The Bertz CT molecular complexity index is 728. The second-order valence-corrected chi connectivity index (χ2v) is 4.45. The average Bonchev–Trinajstić information content (AvgIpc) is 2.40. The minimum atomic E-state index is -1.12. The molecule has 0 fully saturated rings. The number of phenolic OH excluding ortho intramolecular Hbond substituents is 1. The summed E-state index contributed by atoms with van der Waals surface area (Å²) >= 11 is 0. The molecule has 0 heterocycles. The number of rotatable bonds is 3. The Labute approximate surface area is 119 Å². The molecule has 0 spiro atoms. The highest BCUT2D eigenvalue weighted by Crippen LogP contribution is 2.22. The Balaban J connectivity index is 2.31. The van der Waals surface area contributed by atoms with Gasteiger partial charge in [0.25, 0.3) is 5.91 Å². The zero-order valence-electron chi connectivity index (χ0n) is 11.1. The number of anilines is 1. The van der Waals surface area contributed by atoms with Crippen molar-refractivity contribution >= 4 is 17.6 Å². The molecule has 1 amide bonds. The van der Waals surface area contributed by atoms with Crippen LogP contribution in [0.3, 0.4) is 0 Å². The van der Waals surface area contributed by atoms with Gasteiger partial charge in [-0.3, -0.25) is 4.79 Å². The molecule has 21 heavy (non-hydrogen) atoms. The molecule has 0 saturated carbocycles. The highest BCUT2D eigenvalue weighted by Gasteiger charge is 2.14. The van der Waals surface area contributed by atoms with Crippen molar-refractivity contribution in [2.75, 3.05) is 5.32 Å². The van der Waals surface area contributed by atoms with Crippen LogP contribution in [-0.2, 0) is 0 Å². The third-order valence-electron chi connectivity index (χ3n) is 2.94. The van der Waals surface area contributed by atoms with Gasteiger partial charge in [0.15, 0.2) is 0 Å². The van der Waals surface area contributed by atoms with E-state index in [0.717, 1.165) is 18.2 Å². The van der Waals surface area contributed by atoms with E-state index in [-0.39, 0.29) is 11.1 Å². The second kappa shape index (κ2) is 5.62. The average molecular weight is 289 g/mol. The van der Waals surface area contributed by atoms with Gasteiger partial charge in [-0.15, -0.1) is 0 Å². The number of benzene rings is 2. The van der Waals surface area contributed by atoms with Crippen LogP contribution in [0.4, 0.5) is 10.1 Å². The lowest BCUT2D eigenvalue weighted by Gasteiger charge is -2.10. The van der Waals surface area contributed by atoms with Crippen LogP contribution in [0.25, 0.3) is 0 Å². The number of aromatic carboxylic acids is 1. The smallest absolute Gasteiger partial charge is 0.335 e. The fourth-order valence-corrected chi connectivity index (χ4v) is 1.78. The highest BCUT2D eigenvalue weighted by molar-refractivity contribution is 6.06. The lowest BCUT2D eigenvalue weighted by Crippen LogP contribution is -2.13. The molecule has 2 aromatic carbocycles. The van der Waals surface area contributed by atoms with Crippen molar-refractivity contribution in [1.82, 2.24) is 0 Å². The number of carboxylic acid groups (broad SMARTS) is 1. The minimum Gasteiger partial charge on any atom is -0.507 e. The number of aromatic hydroxyl groups is 1. The van der Waals surface area contributed by atoms with Crippen LogP contribution < -0.4 is 5.32 Å². The lowest BCUT2D eigenvalue weighted by atomic mass is 10.1. The predicted octanol–water partition coefficient (Wildman–Crippen LogP) is 2.79. The van der Waals surface area contributed by atoms with Crippen LogP contribution in [0.15, 0.2) is 36.4 Å². The molecule has 0 saturated heterocycles. The van der Waals surface area contributed by atoms with Gasteiger partial charge >= 0.3 is 5.97 Å². The van der Waals surface area contributed by atoms with E-state index in [1.165, 1.54) is 12.1 Å². The molecule has 0 aliphatic carbocycles. The molecule has 0 aliphatic rings. The number of carbonyl (C=O) groups excluding carboxylic acids is 1. The Kier molecular flexibility index (Phi) is 3.89. The minimum absolute atomic E-state index is 0.0271. The van der Waals surface area contributed by atoms with Crippen LogP contribution in [-0.4, -0.2) is 22.1 Å². The summed E-state index contributed by atoms with van der Waals surface area (Å²) in [7, 11) is 0. The SMILES string of the molecule is Cc1ccc(C(=O)O)cc1NC(=O)c1ccc(F)cc1O. The number of carboxylic acids is 1. The first-order valence-electron chi connectivity index (χ1n) is 6.02. The molecule has 2 rings (SSSR count). The summed E-state index contributed by atoms with van der Waals surface area (Å²) in [5, 5.41) is 21.0.